The summed E-state index contributed by atoms with van der Waals surface area (Å²) in [4.78, 5) is 0. The van der Waals surface area contributed by atoms with Crippen molar-refractivity contribution in [1.29, 1.82) is 0 Å². The van der Waals surface area contributed by atoms with E-state index in [1.54, 1.807) is 0 Å². The van der Waals surface area contributed by atoms with Crippen LogP contribution in [0.2, 0.25) is 10.0 Å². The van der Waals surface area contributed by atoms with Crippen molar-refractivity contribution in [1.82, 2.24) is 5.32 Å². The SMILES string of the molecule is CNC(CCc1ccc(C)cc1)Cc1ccc(Cl)c(Cl)c1. The van der Waals surface area contributed by atoms with Gasteiger partial charge >= 0.3 is 0 Å². The molecule has 1 atom stereocenters. The lowest BCUT2D eigenvalue weighted by molar-refractivity contribution is 0.520. The minimum atomic E-state index is 0.434. The van der Waals surface area contributed by atoms with Gasteiger partial charge in [0.25, 0.3) is 0 Å². The number of likely N-dealkylation sites (N-methyl/N-ethyl adjacent to an activating group) is 1. The minimum absolute atomic E-state index is 0.434. The highest BCUT2D eigenvalue weighted by atomic mass is 35.5. The van der Waals surface area contributed by atoms with Gasteiger partial charge in [-0.25, -0.2) is 0 Å². The van der Waals surface area contributed by atoms with Gasteiger partial charge in [0.2, 0.25) is 0 Å². The smallest absolute Gasteiger partial charge is 0.0595 e. The molecule has 3 heteroatoms. The Morgan fingerprint density at radius 2 is 1.62 bits per heavy atom. The Kier molecular flexibility index (Phi) is 6.10. The maximum Gasteiger partial charge on any atom is 0.0595 e. The van der Waals surface area contributed by atoms with Crippen LogP contribution in [-0.2, 0) is 12.8 Å². The Balaban J connectivity index is 1.93. The molecule has 2 rings (SSSR count). The molecule has 0 bridgehead atoms. The average molecular weight is 322 g/mol. The van der Waals surface area contributed by atoms with Gasteiger partial charge in [-0.1, -0.05) is 59.1 Å². The number of hydrogen-bond donors (Lipinski definition) is 1. The van der Waals surface area contributed by atoms with Crippen molar-refractivity contribution in [3.8, 4) is 0 Å². The van der Waals surface area contributed by atoms with Gasteiger partial charge in [0.05, 0.1) is 10.0 Å². The normalized spacial score (nSPS) is 12.4. The van der Waals surface area contributed by atoms with Crippen molar-refractivity contribution in [2.75, 3.05) is 7.05 Å². The van der Waals surface area contributed by atoms with E-state index in [-0.39, 0.29) is 0 Å². The molecule has 1 unspecified atom stereocenters. The summed E-state index contributed by atoms with van der Waals surface area (Å²) in [6.45, 7) is 2.12. The van der Waals surface area contributed by atoms with E-state index in [1.807, 2.05) is 25.2 Å². The molecule has 1 N–H and O–H groups in total. The lowest BCUT2D eigenvalue weighted by Crippen LogP contribution is -2.28. The maximum absolute atomic E-state index is 6.08. The molecule has 0 aromatic heterocycles. The molecule has 2 aromatic carbocycles. The summed E-state index contributed by atoms with van der Waals surface area (Å²) >= 11 is 12.0. The van der Waals surface area contributed by atoms with E-state index in [0.717, 1.165) is 19.3 Å². The highest BCUT2D eigenvalue weighted by Gasteiger charge is 2.09. The van der Waals surface area contributed by atoms with Gasteiger partial charge in [-0.2, -0.15) is 0 Å². The minimum Gasteiger partial charge on any atom is -0.317 e. The number of aryl methyl sites for hydroxylation is 2. The molecule has 0 saturated heterocycles. The molecule has 0 radical (unpaired) electrons. The standard InChI is InChI=1S/C18H21Cl2N/c1-13-3-5-14(6-4-13)7-9-16(21-2)11-15-8-10-17(19)18(20)12-15/h3-6,8,10,12,16,21H,7,9,11H2,1-2H3. The largest absolute Gasteiger partial charge is 0.317 e. The second-order valence-electron chi connectivity index (χ2n) is 5.46. The highest BCUT2D eigenvalue weighted by Crippen LogP contribution is 2.23. The molecule has 0 heterocycles. The third-order valence-electron chi connectivity index (χ3n) is 3.78. The molecule has 21 heavy (non-hydrogen) atoms. The summed E-state index contributed by atoms with van der Waals surface area (Å²) in [5.41, 5.74) is 3.90. The van der Waals surface area contributed by atoms with Crippen molar-refractivity contribution in [2.45, 2.75) is 32.2 Å². The fraction of sp³-hybridized carbons (Fsp3) is 0.333. The summed E-state index contributed by atoms with van der Waals surface area (Å²) in [5.74, 6) is 0. The molecule has 0 fully saturated rings. The van der Waals surface area contributed by atoms with Crippen molar-refractivity contribution >= 4 is 23.2 Å². The molecule has 2 aromatic rings. The van der Waals surface area contributed by atoms with E-state index < -0.39 is 0 Å². The summed E-state index contributed by atoms with van der Waals surface area (Å²) < 4.78 is 0. The van der Waals surface area contributed by atoms with Gasteiger partial charge in [0, 0.05) is 6.04 Å². The number of benzene rings is 2. The molecular weight excluding hydrogens is 301 g/mol. The fourth-order valence-electron chi connectivity index (χ4n) is 2.40. The van der Waals surface area contributed by atoms with Crippen LogP contribution in [0.5, 0.6) is 0 Å². The lowest BCUT2D eigenvalue weighted by atomic mass is 9.99. The summed E-state index contributed by atoms with van der Waals surface area (Å²) in [6, 6.07) is 15.1. The number of halogens is 2. The Labute approximate surface area is 137 Å². The summed E-state index contributed by atoms with van der Waals surface area (Å²) in [7, 11) is 2.01. The molecular formula is C18H21Cl2N. The van der Waals surface area contributed by atoms with Crippen molar-refractivity contribution < 1.29 is 0 Å². The van der Waals surface area contributed by atoms with Crippen LogP contribution in [-0.4, -0.2) is 13.1 Å². The molecule has 112 valence electrons. The maximum atomic E-state index is 6.08. The van der Waals surface area contributed by atoms with Gasteiger partial charge in [0.1, 0.15) is 0 Å². The first-order chi connectivity index (χ1) is 10.1. The lowest BCUT2D eigenvalue weighted by Gasteiger charge is -2.16. The van der Waals surface area contributed by atoms with Crippen molar-refractivity contribution in [3.05, 3.63) is 69.2 Å². The summed E-state index contributed by atoms with van der Waals surface area (Å²) in [5, 5.41) is 4.63. The monoisotopic (exact) mass is 321 g/mol. The zero-order chi connectivity index (χ0) is 15.2. The van der Waals surface area contributed by atoms with Gasteiger partial charge in [-0.3, -0.25) is 0 Å². The average Bonchev–Trinajstić information content (AvgIpc) is 2.49. The number of rotatable bonds is 6. The number of hydrogen-bond acceptors (Lipinski definition) is 1. The van der Waals surface area contributed by atoms with Crippen LogP contribution in [0.3, 0.4) is 0 Å². The molecule has 0 aliphatic heterocycles. The Morgan fingerprint density at radius 3 is 2.24 bits per heavy atom. The van der Waals surface area contributed by atoms with Gasteiger partial charge < -0.3 is 5.32 Å². The third kappa shape index (κ3) is 5.03. The van der Waals surface area contributed by atoms with Crippen molar-refractivity contribution in [3.63, 3.8) is 0 Å². The molecule has 0 aliphatic rings. The predicted molar refractivity (Wildman–Crippen MR) is 92.5 cm³/mol. The van der Waals surface area contributed by atoms with E-state index in [1.165, 1.54) is 16.7 Å². The topological polar surface area (TPSA) is 12.0 Å². The molecule has 1 nitrogen and oxygen atoms in total. The van der Waals surface area contributed by atoms with Crippen LogP contribution >= 0.6 is 23.2 Å². The van der Waals surface area contributed by atoms with Gasteiger partial charge in [0.15, 0.2) is 0 Å². The van der Waals surface area contributed by atoms with Crippen LogP contribution < -0.4 is 5.32 Å². The quantitative estimate of drug-likeness (QED) is 0.783. The van der Waals surface area contributed by atoms with Crippen molar-refractivity contribution in [2.24, 2.45) is 0 Å². The van der Waals surface area contributed by atoms with E-state index >= 15 is 0 Å². The molecule has 0 amide bonds. The first kappa shape index (κ1) is 16.4. The van der Waals surface area contributed by atoms with E-state index in [0.29, 0.717) is 16.1 Å². The predicted octanol–water partition coefficient (Wildman–Crippen LogP) is 5.07. The van der Waals surface area contributed by atoms with Crippen LogP contribution in [0.1, 0.15) is 23.1 Å². The van der Waals surface area contributed by atoms with E-state index in [4.69, 9.17) is 23.2 Å². The molecule has 0 saturated carbocycles. The van der Waals surface area contributed by atoms with Crippen LogP contribution in [0.25, 0.3) is 0 Å². The highest BCUT2D eigenvalue weighted by molar-refractivity contribution is 6.42. The van der Waals surface area contributed by atoms with Gasteiger partial charge in [-0.05, 0) is 56.5 Å². The number of nitrogens with one attached hydrogen (secondary N) is 1. The van der Waals surface area contributed by atoms with Crippen LogP contribution in [0, 0.1) is 6.92 Å². The third-order valence-corrected chi connectivity index (χ3v) is 4.52. The first-order valence-corrected chi connectivity index (χ1v) is 8.01. The second-order valence-corrected chi connectivity index (χ2v) is 6.28. The summed E-state index contributed by atoms with van der Waals surface area (Å²) in [6.07, 6.45) is 3.13. The molecule has 0 aliphatic carbocycles. The Hall–Kier alpha value is -1.02. The van der Waals surface area contributed by atoms with E-state index in [9.17, 15) is 0 Å². The van der Waals surface area contributed by atoms with Crippen LogP contribution in [0.4, 0.5) is 0 Å². The van der Waals surface area contributed by atoms with Gasteiger partial charge in [-0.15, -0.1) is 0 Å². The first-order valence-electron chi connectivity index (χ1n) is 7.25. The Bertz CT molecular complexity index is 578. The van der Waals surface area contributed by atoms with E-state index in [2.05, 4.69) is 36.5 Å². The zero-order valence-corrected chi connectivity index (χ0v) is 14.0. The molecule has 0 spiro atoms. The second kappa shape index (κ2) is 7.84. The van der Waals surface area contributed by atoms with Crippen LogP contribution in [0.15, 0.2) is 42.5 Å². The fourth-order valence-corrected chi connectivity index (χ4v) is 2.72. The Morgan fingerprint density at radius 1 is 0.952 bits per heavy atom. The zero-order valence-electron chi connectivity index (χ0n) is 12.5.